The average Bonchev–Trinajstić information content (AvgIpc) is 3.52. The fraction of sp³-hybridized carbons (Fsp3) is 0.0357. The maximum atomic E-state index is 12.4. The number of hydrogen-bond acceptors (Lipinski definition) is 8. The number of quaternary nitrogens is 1. The molecule has 0 aliphatic rings. The third-order valence-corrected chi connectivity index (χ3v) is 9.38. The van der Waals surface area contributed by atoms with Crippen LogP contribution in [0.5, 0.6) is 0 Å². The molecule has 196 valence electrons. The highest BCUT2D eigenvalue weighted by Crippen LogP contribution is 2.38. The summed E-state index contributed by atoms with van der Waals surface area (Å²) < 4.78 is 36.9. The van der Waals surface area contributed by atoms with Gasteiger partial charge in [-0.1, -0.05) is 24.3 Å². The Morgan fingerprint density at radius 1 is 0.821 bits per heavy atom. The fourth-order valence-corrected chi connectivity index (χ4v) is 7.46. The molecule has 0 aliphatic heterocycles. The standard InChI is InChI=1S/C28H19N3O4S3.H3N/c1-16-7-13-22-24(25(16)38(33,34)35)37-28(31-22)19-10-14-21-23(15-19)36-27(30-21)18-8-11-20(12-9-18)29-26(32)17-5-3-2-4-6-17;/h2-15H,1H3,(H,29,32)(H,33,34,35);1H3. The Morgan fingerprint density at radius 3 is 2.18 bits per heavy atom. The Morgan fingerprint density at radius 2 is 1.46 bits per heavy atom. The van der Waals surface area contributed by atoms with E-state index in [1.807, 2.05) is 60.7 Å². The van der Waals surface area contributed by atoms with Crippen LogP contribution in [0.4, 0.5) is 5.69 Å². The van der Waals surface area contributed by atoms with Crippen LogP contribution in [0.1, 0.15) is 15.9 Å². The predicted octanol–water partition coefficient (Wildman–Crippen LogP) is 7.08. The first-order valence-electron chi connectivity index (χ1n) is 11.5. The van der Waals surface area contributed by atoms with Crippen LogP contribution >= 0.6 is 22.7 Å². The summed E-state index contributed by atoms with van der Waals surface area (Å²) in [5, 5.41) is 4.36. The molecule has 0 saturated carbocycles. The molecular weight excluding hydrogens is 553 g/mol. The molecule has 6 rings (SSSR count). The van der Waals surface area contributed by atoms with Crippen LogP contribution in [0.3, 0.4) is 0 Å². The summed E-state index contributed by atoms with van der Waals surface area (Å²) in [7, 11) is -4.63. The van der Waals surface area contributed by atoms with Crippen LogP contribution in [0.25, 0.3) is 41.6 Å². The van der Waals surface area contributed by atoms with E-state index in [4.69, 9.17) is 4.98 Å². The highest BCUT2D eigenvalue weighted by Gasteiger charge is 2.17. The van der Waals surface area contributed by atoms with Crippen molar-refractivity contribution in [1.82, 2.24) is 16.1 Å². The van der Waals surface area contributed by atoms with Gasteiger partial charge in [-0.3, -0.25) is 4.79 Å². The summed E-state index contributed by atoms with van der Waals surface area (Å²) in [5.41, 5.74) is 4.75. The van der Waals surface area contributed by atoms with E-state index in [9.17, 15) is 17.8 Å². The molecule has 4 aromatic carbocycles. The molecule has 0 radical (unpaired) electrons. The molecule has 0 fully saturated rings. The van der Waals surface area contributed by atoms with Crippen LogP contribution in [0.2, 0.25) is 0 Å². The number of fused-ring (bicyclic) bond motifs is 2. The third-order valence-electron chi connectivity index (χ3n) is 6.02. The lowest BCUT2D eigenvalue weighted by molar-refractivity contribution is 0.102. The zero-order valence-electron chi connectivity index (χ0n) is 20.8. The van der Waals surface area contributed by atoms with Gasteiger partial charge in [-0.15, -0.1) is 22.7 Å². The van der Waals surface area contributed by atoms with Gasteiger partial charge in [-0.05, 0) is 73.2 Å². The van der Waals surface area contributed by atoms with Crippen molar-refractivity contribution in [3.8, 4) is 21.1 Å². The van der Waals surface area contributed by atoms with E-state index in [1.165, 1.54) is 22.7 Å². The van der Waals surface area contributed by atoms with Crippen molar-refractivity contribution in [3.05, 3.63) is 96.1 Å². The van der Waals surface area contributed by atoms with Crippen LogP contribution in [-0.4, -0.2) is 28.8 Å². The number of amides is 1. The topological polar surface area (TPSA) is 149 Å². The number of carbonyl (C=O) groups is 1. The Labute approximate surface area is 232 Å². The molecule has 0 bridgehead atoms. The molecule has 5 N–H and O–H groups in total. The lowest BCUT2D eigenvalue weighted by Crippen LogP contribution is -2.11. The van der Waals surface area contributed by atoms with E-state index < -0.39 is 10.1 Å². The number of aryl methyl sites for hydroxylation is 1. The Bertz CT molecular complexity index is 1950. The highest BCUT2D eigenvalue weighted by atomic mass is 32.2. The maximum absolute atomic E-state index is 12.4. The molecule has 8 nitrogen and oxygen atoms in total. The lowest BCUT2D eigenvalue weighted by Gasteiger charge is -2.10. The first-order chi connectivity index (χ1) is 18.3. The second-order valence-corrected chi connectivity index (χ2v) is 12.0. The number of rotatable bonds is 5. The minimum Gasteiger partial charge on any atom is -0.744 e. The summed E-state index contributed by atoms with van der Waals surface area (Å²) in [6.45, 7) is 1.61. The van der Waals surface area contributed by atoms with Crippen molar-refractivity contribution in [2.24, 2.45) is 0 Å². The zero-order valence-corrected chi connectivity index (χ0v) is 23.3. The number of carbonyl (C=O) groups excluding carboxylic acids is 1. The summed E-state index contributed by atoms with van der Waals surface area (Å²) in [5.74, 6) is -0.171. The number of thiazole rings is 2. The summed E-state index contributed by atoms with van der Waals surface area (Å²) in [6, 6.07) is 25.7. The molecule has 2 heterocycles. The monoisotopic (exact) mass is 574 g/mol. The number of aromatic nitrogens is 2. The van der Waals surface area contributed by atoms with Gasteiger partial charge in [-0.25, -0.2) is 18.4 Å². The molecule has 0 spiro atoms. The second kappa shape index (κ2) is 10.3. The van der Waals surface area contributed by atoms with E-state index >= 15 is 0 Å². The SMILES string of the molecule is Cc1ccc2nc(-c3ccc4nc(-c5ccc(NC(=O)c6ccccc6)cc5)sc4c3)sc2c1S(=O)(=O)[O-].[NH4+]. The van der Waals surface area contributed by atoms with Crippen LogP contribution in [-0.2, 0) is 10.1 Å². The number of hydrogen-bond donors (Lipinski definition) is 2. The van der Waals surface area contributed by atoms with Gasteiger partial charge in [0.05, 0.1) is 25.3 Å². The predicted molar refractivity (Wildman–Crippen MR) is 157 cm³/mol. The summed E-state index contributed by atoms with van der Waals surface area (Å²) in [4.78, 5) is 21.5. The van der Waals surface area contributed by atoms with Gasteiger partial charge in [0.1, 0.15) is 20.1 Å². The molecule has 39 heavy (non-hydrogen) atoms. The summed E-state index contributed by atoms with van der Waals surface area (Å²) in [6.07, 6.45) is 0. The molecule has 0 saturated heterocycles. The molecule has 0 unspecified atom stereocenters. The Hall–Kier alpha value is -4.00. The van der Waals surface area contributed by atoms with Gasteiger partial charge < -0.3 is 16.0 Å². The molecule has 0 aliphatic carbocycles. The third kappa shape index (κ3) is 5.18. The van der Waals surface area contributed by atoms with Crippen LogP contribution in [0, 0.1) is 6.92 Å². The Balaban J connectivity index is 0.00000308. The first kappa shape index (κ1) is 26.6. The van der Waals surface area contributed by atoms with Crippen molar-refractivity contribution >= 4 is 64.8 Å². The van der Waals surface area contributed by atoms with Crippen molar-refractivity contribution in [1.29, 1.82) is 0 Å². The van der Waals surface area contributed by atoms with E-state index in [0.717, 1.165) is 26.4 Å². The number of benzene rings is 4. The number of anilines is 1. The van der Waals surface area contributed by atoms with Gasteiger partial charge in [0.15, 0.2) is 0 Å². The normalized spacial score (nSPS) is 11.4. The van der Waals surface area contributed by atoms with Gasteiger partial charge in [0.2, 0.25) is 0 Å². The lowest BCUT2D eigenvalue weighted by atomic mass is 10.2. The van der Waals surface area contributed by atoms with E-state index in [2.05, 4.69) is 10.3 Å². The quantitative estimate of drug-likeness (QED) is 0.210. The van der Waals surface area contributed by atoms with Gasteiger partial charge >= 0.3 is 0 Å². The van der Waals surface area contributed by atoms with E-state index in [0.29, 0.717) is 32.0 Å². The molecule has 1 amide bonds. The van der Waals surface area contributed by atoms with Crippen LogP contribution in [0.15, 0.2) is 89.8 Å². The zero-order chi connectivity index (χ0) is 26.4. The van der Waals surface area contributed by atoms with Crippen molar-refractivity contribution < 1.29 is 17.8 Å². The van der Waals surface area contributed by atoms with Crippen molar-refractivity contribution in [2.45, 2.75) is 11.8 Å². The minimum absolute atomic E-state index is 0. The van der Waals surface area contributed by atoms with E-state index in [1.54, 1.807) is 31.2 Å². The van der Waals surface area contributed by atoms with Gasteiger partial charge in [-0.2, -0.15) is 0 Å². The first-order valence-corrected chi connectivity index (χ1v) is 14.5. The van der Waals surface area contributed by atoms with Gasteiger partial charge in [0.25, 0.3) is 5.91 Å². The molecule has 11 heteroatoms. The van der Waals surface area contributed by atoms with Crippen molar-refractivity contribution in [3.63, 3.8) is 0 Å². The van der Waals surface area contributed by atoms with Crippen LogP contribution < -0.4 is 11.5 Å². The largest absolute Gasteiger partial charge is 0.744 e. The smallest absolute Gasteiger partial charge is 0.255 e. The molecule has 6 aromatic rings. The average molecular weight is 575 g/mol. The number of nitrogens with one attached hydrogen (secondary N) is 1. The molecule has 0 atom stereocenters. The molecular formula is C28H22N4O4S3. The number of nitrogens with zero attached hydrogens (tertiary/aromatic N) is 2. The fourth-order valence-electron chi connectivity index (χ4n) is 4.17. The maximum Gasteiger partial charge on any atom is 0.255 e. The Kier molecular flexibility index (Phi) is 7.02. The minimum atomic E-state index is -4.63. The summed E-state index contributed by atoms with van der Waals surface area (Å²) >= 11 is 2.72. The van der Waals surface area contributed by atoms with E-state index in [-0.39, 0.29) is 17.0 Å². The van der Waals surface area contributed by atoms with Gasteiger partial charge in [0, 0.05) is 22.4 Å². The second-order valence-electron chi connectivity index (χ2n) is 8.63. The van der Waals surface area contributed by atoms with Crippen molar-refractivity contribution in [2.75, 3.05) is 5.32 Å². The molecule has 2 aromatic heterocycles. The highest BCUT2D eigenvalue weighted by molar-refractivity contribution is 7.86.